The molecule has 2 atom stereocenters. The second kappa shape index (κ2) is 4.95. The van der Waals surface area contributed by atoms with Crippen LogP contribution < -0.4 is 5.32 Å². The van der Waals surface area contributed by atoms with Crippen LogP contribution in [-0.4, -0.2) is 37.2 Å². The Morgan fingerprint density at radius 2 is 2.29 bits per heavy atom. The number of rotatable bonds is 3. The average molecular weight is 201 g/mol. The molecular formula is C9H15NO4. The second-order valence-corrected chi connectivity index (χ2v) is 3.48. The summed E-state index contributed by atoms with van der Waals surface area (Å²) in [6.45, 7) is 1.28. The van der Waals surface area contributed by atoms with Gasteiger partial charge in [0.25, 0.3) is 0 Å². The molecule has 14 heavy (non-hydrogen) atoms. The van der Waals surface area contributed by atoms with Gasteiger partial charge in [-0.2, -0.15) is 0 Å². The predicted octanol–water partition coefficient (Wildman–Crippen LogP) is -0.140. The van der Waals surface area contributed by atoms with Crippen molar-refractivity contribution in [2.45, 2.75) is 12.8 Å². The van der Waals surface area contributed by atoms with Crippen molar-refractivity contribution in [1.82, 2.24) is 5.32 Å². The maximum absolute atomic E-state index is 11.0. The summed E-state index contributed by atoms with van der Waals surface area (Å²) < 4.78 is 4.52. The van der Waals surface area contributed by atoms with E-state index in [-0.39, 0.29) is 18.3 Å². The summed E-state index contributed by atoms with van der Waals surface area (Å²) in [7, 11) is 1.31. The van der Waals surface area contributed by atoms with Crippen LogP contribution in [0.4, 0.5) is 0 Å². The Morgan fingerprint density at radius 1 is 1.57 bits per heavy atom. The lowest BCUT2D eigenvalue weighted by Gasteiger charge is -2.28. The summed E-state index contributed by atoms with van der Waals surface area (Å²) in [6.07, 6.45) is 0.761. The van der Waals surface area contributed by atoms with Crippen molar-refractivity contribution in [2.75, 3.05) is 20.2 Å². The molecule has 5 heteroatoms. The molecule has 0 aromatic rings. The van der Waals surface area contributed by atoms with Gasteiger partial charge in [-0.05, 0) is 25.4 Å². The fourth-order valence-electron chi connectivity index (χ4n) is 1.76. The first-order valence-corrected chi connectivity index (χ1v) is 4.65. The number of carbonyl (C=O) groups is 2. The van der Waals surface area contributed by atoms with Crippen LogP contribution in [0.3, 0.4) is 0 Å². The molecule has 1 heterocycles. The van der Waals surface area contributed by atoms with E-state index in [1.807, 2.05) is 0 Å². The molecule has 0 radical (unpaired) electrons. The second-order valence-electron chi connectivity index (χ2n) is 3.48. The maximum Gasteiger partial charge on any atom is 0.306 e. The third-order valence-electron chi connectivity index (χ3n) is 2.58. The Bertz CT molecular complexity index is 229. The topological polar surface area (TPSA) is 75.6 Å². The van der Waals surface area contributed by atoms with E-state index in [9.17, 15) is 9.59 Å². The summed E-state index contributed by atoms with van der Waals surface area (Å²) >= 11 is 0. The molecule has 2 N–H and O–H groups in total. The molecule has 1 saturated heterocycles. The largest absolute Gasteiger partial charge is 0.481 e. The zero-order valence-electron chi connectivity index (χ0n) is 8.16. The van der Waals surface area contributed by atoms with Gasteiger partial charge in [-0.25, -0.2) is 0 Å². The monoisotopic (exact) mass is 201 g/mol. The fourth-order valence-corrected chi connectivity index (χ4v) is 1.76. The number of esters is 1. The van der Waals surface area contributed by atoms with Crippen molar-refractivity contribution < 1.29 is 19.4 Å². The Hall–Kier alpha value is -1.10. The molecule has 5 nitrogen and oxygen atoms in total. The van der Waals surface area contributed by atoms with Crippen molar-refractivity contribution in [3.05, 3.63) is 0 Å². The number of ether oxygens (including phenoxy) is 1. The van der Waals surface area contributed by atoms with Crippen molar-refractivity contribution in [3.8, 4) is 0 Å². The molecule has 0 bridgehead atoms. The van der Waals surface area contributed by atoms with Crippen LogP contribution in [0, 0.1) is 11.8 Å². The quantitative estimate of drug-likeness (QED) is 0.621. The fraction of sp³-hybridized carbons (Fsp3) is 0.778. The van der Waals surface area contributed by atoms with E-state index < -0.39 is 11.9 Å². The molecule has 0 saturated carbocycles. The van der Waals surface area contributed by atoms with E-state index >= 15 is 0 Å². The number of piperidine rings is 1. The van der Waals surface area contributed by atoms with Gasteiger partial charge in [0, 0.05) is 0 Å². The van der Waals surface area contributed by atoms with Crippen molar-refractivity contribution in [3.63, 3.8) is 0 Å². The summed E-state index contributed by atoms with van der Waals surface area (Å²) in [6, 6.07) is 0. The minimum absolute atomic E-state index is 0.145. The van der Waals surface area contributed by atoms with Gasteiger partial charge in [0.1, 0.15) is 0 Å². The van der Waals surface area contributed by atoms with Crippen molar-refractivity contribution in [2.24, 2.45) is 11.8 Å². The number of carbonyl (C=O) groups excluding carboxylic acids is 1. The van der Waals surface area contributed by atoms with Crippen LogP contribution in [0.5, 0.6) is 0 Å². The van der Waals surface area contributed by atoms with Crippen LogP contribution in [0.25, 0.3) is 0 Å². The van der Waals surface area contributed by atoms with E-state index in [0.717, 1.165) is 0 Å². The molecule has 1 fully saturated rings. The van der Waals surface area contributed by atoms with Crippen LogP contribution in [0.1, 0.15) is 12.8 Å². The average Bonchev–Trinajstić information content (AvgIpc) is 2.18. The van der Waals surface area contributed by atoms with Gasteiger partial charge in [-0.15, -0.1) is 0 Å². The highest BCUT2D eigenvalue weighted by Gasteiger charge is 2.32. The summed E-state index contributed by atoms with van der Waals surface area (Å²) in [5, 5.41) is 12.0. The Morgan fingerprint density at radius 3 is 2.86 bits per heavy atom. The molecule has 0 aromatic heterocycles. The first-order valence-electron chi connectivity index (χ1n) is 4.65. The summed E-state index contributed by atoms with van der Waals surface area (Å²) in [5.41, 5.74) is 0. The zero-order chi connectivity index (χ0) is 10.6. The standard InChI is InChI=1S/C9H15NO4/c1-14-8(11)4-6-5-10-3-2-7(6)9(12)13/h6-7,10H,2-5H2,1H3,(H,12,13)/t6-,7-/m1/s1. The van der Waals surface area contributed by atoms with Gasteiger partial charge in [0.15, 0.2) is 0 Å². The molecule has 0 spiro atoms. The first-order chi connectivity index (χ1) is 6.65. The number of hydrogen-bond acceptors (Lipinski definition) is 4. The lowest BCUT2D eigenvalue weighted by Crippen LogP contribution is -2.41. The first kappa shape index (κ1) is 11.0. The van der Waals surface area contributed by atoms with E-state index in [1.54, 1.807) is 0 Å². The predicted molar refractivity (Wildman–Crippen MR) is 48.7 cm³/mol. The van der Waals surface area contributed by atoms with E-state index in [4.69, 9.17) is 5.11 Å². The molecular weight excluding hydrogens is 186 g/mol. The van der Waals surface area contributed by atoms with Gasteiger partial charge in [-0.1, -0.05) is 0 Å². The number of aliphatic carboxylic acids is 1. The number of carboxylic acid groups (broad SMARTS) is 1. The van der Waals surface area contributed by atoms with Crippen LogP contribution in [0.15, 0.2) is 0 Å². The van der Waals surface area contributed by atoms with Crippen molar-refractivity contribution in [1.29, 1.82) is 0 Å². The zero-order valence-corrected chi connectivity index (χ0v) is 8.16. The highest BCUT2D eigenvalue weighted by Crippen LogP contribution is 2.22. The number of nitrogens with one attached hydrogen (secondary N) is 1. The lowest BCUT2D eigenvalue weighted by atomic mass is 9.84. The van der Waals surface area contributed by atoms with Gasteiger partial charge in [-0.3, -0.25) is 9.59 Å². The SMILES string of the molecule is COC(=O)C[C@@H]1CNCC[C@H]1C(=O)O. The summed E-state index contributed by atoms with van der Waals surface area (Å²) in [4.78, 5) is 21.9. The van der Waals surface area contributed by atoms with Crippen LogP contribution >= 0.6 is 0 Å². The van der Waals surface area contributed by atoms with Gasteiger partial charge in [0.05, 0.1) is 19.4 Å². The Labute approximate surface area is 82.4 Å². The highest BCUT2D eigenvalue weighted by atomic mass is 16.5. The van der Waals surface area contributed by atoms with Crippen LogP contribution in [0.2, 0.25) is 0 Å². The molecule has 0 aliphatic carbocycles. The van der Waals surface area contributed by atoms with E-state index in [1.165, 1.54) is 7.11 Å². The van der Waals surface area contributed by atoms with E-state index in [2.05, 4.69) is 10.1 Å². The molecule has 0 amide bonds. The van der Waals surface area contributed by atoms with Crippen molar-refractivity contribution >= 4 is 11.9 Å². The normalized spacial score (nSPS) is 26.9. The minimum atomic E-state index is -0.819. The van der Waals surface area contributed by atoms with Crippen LogP contribution in [-0.2, 0) is 14.3 Å². The molecule has 0 unspecified atom stereocenters. The summed E-state index contributed by atoms with van der Waals surface area (Å²) in [5.74, 6) is -1.73. The van der Waals surface area contributed by atoms with Gasteiger partial charge in [0.2, 0.25) is 0 Å². The third-order valence-corrected chi connectivity index (χ3v) is 2.58. The Balaban J connectivity index is 2.54. The highest BCUT2D eigenvalue weighted by molar-refractivity contribution is 5.74. The number of hydrogen-bond donors (Lipinski definition) is 2. The molecule has 1 aliphatic rings. The molecule has 80 valence electrons. The molecule has 1 aliphatic heterocycles. The number of methoxy groups -OCH3 is 1. The number of carboxylic acids is 1. The van der Waals surface area contributed by atoms with Gasteiger partial charge < -0.3 is 15.2 Å². The maximum atomic E-state index is 11.0. The molecule has 1 rings (SSSR count). The van der Waals surface area contributed by atoms with Gasteiger partial charge >= 0.3 is 11.9 Å². The van der Waals surface area contributed by atoms with E-state index in [0.29, 0.717) is 19.5 Å². The lowest BCUT2D eigenvalue weighted by molar-refractivity contribution is -0.147. The third kappa shape index (κ3) is 2.70. The smallest absolute Gasteiger partial charge is 0.306 e. The molecule has 0 aromatic carbocycles. The Kier molecular flexibility index (Phi) is 3.88. The minimum Gasteiger partial charge on any atom is -0.481 e.